The fourth-order valence-corrected chi connectivity index (χ4v) is 3.55. The molecule has 1 atom stereocenters. The largest absolute Gasteiger partial charge is 0.368 e. The molecule has 1 aliphatic rings. The minimum absolute atomic E-state index is 0.0668. The Balaban J connectivity index is 1.75. The van der Waals surface area contributed by atoms with Crippen molar-refractivity contribution >= 4 is 28.6 Å². The van der Waals surface area contributed by atoms with Crippen LogP contribution in [-0.4, -0.2) is 29.3 Å². The summed E-state index contributed by atoms with van der Waals surface area (Å²) < 4.78 is 5.31. The van der Waals surface area contributed by atoms with Crippen LogP contribution < -0.4 is 5.43 Å². The molecule has 1 saturated heterocycles. The maximum absolute atomic E-state index is 11.9. The lowest BCUT2D eigenvalue weighted by Gasteiger charge is -2.07. The Morgan fingerprint density at radius 1 is 1.36 bits per heavy atom. The second-order valence-electron chi connectivity index (χ2n) is 5.61. The number of benzene rings is 1. The predicted octanol–water partition coefficient (Wildman–Crippen LogP) is 3.34. The highest BCUT2D eigenvalue weighted by molar-refractivity contribution is 7.17. The monoisotopic (exact) mass is 359 g/mol. The Bertz CT molecular complexity index is 825. The summed E-state index contributed by atoms with van der Waals surface area (Å²) in [6, 6.07) is 10.3. The molecule has 0 aliphatic carbocycles. The second-order valence-corrected chi connectivity index (χ2v) is 6.70. The molecule has 8 heteroatoms. The van der Waals surface area contributed by atoms with Crippen molar-refractivity contribution in [3.63, 3.8) is 0 Å². The quantitative estimate of drug-likeness (QED) is 0.503. The molecule has 0 radical (unpaired) electrons. The molecular weight excluding hydrogens is 342 g/mol. The third-order valence-corrected chi connectivity index (χ3v) is 5.11. The Labute approximate surface area is 148 Å². The van der Waals surface area contributed by atoms with E-state index in [4.69, 9.17) is 4.74 Å². The van der Waals surface area contributed by atoms with E-state index in [2.05, 4.69) is 10.5 Å². The van der Waals surface area contributed by atoms with Crippen molar-refractivity contribution < 1.29 is 14.5 Å². The summed E-state index contributed by atoms with van der Waals surface area (Å²) in [7, 11) is 0. The zero-order chi connectivity index (χ0) is 17.8. The fourth-order valence-electron chi connectivity index (χ4n) is 2.57. The van der Waals surface area contributed by atoms with E-state index in [1.54, 1.807) is 25.1 Å². The van der Waals surface area contributed by atoms with E-state index in [-0.39, 0.29) is 11.6 Å². The number of rotatable bonds is 5. The molecule has 1 aromatic heterocycles. The maximum Gasteiger partial charge on any atom is 0.278 e. The van der Waals surface area contributed by atoms with Gasteiger partial charge in [-0.3, -0.25) is 14.9 Å². The van der Waals surface area contributed by atoms with Gasteiger partial charge in [-0.1, -0.05) is 12.1 Å². The molecule has 0 unspecified atom stereocenters. The lowest BCUT2D eigenvalue weighted by Crippen LogP contribution is -2.31. The van der Waals surface area contributed by atoms with Crippen molar-refractivity contribution in [3.8, 4) is 10.4 Å². The van der Waals surface area contributed by atoms with Crippen LogP contribution in [-0.2, 0) is 9.53 Å². The normalized spacial score (nSPS) is 17.5. The van der Waals surface area contributed by atoms with Gasteiger partial charge in [0.25, 0.3) is 11.6 Å². The SMILES string of the molecule is CC(=NNC(=O)[C@H]1CCCO1)c1ccc(-c2ccccc2[N+](=O)[O-])s1. The van der Waals surface area contributed by atoms with Crippen molar-refractivity contribution in [2.75, 3.05) is 6.61 Å². The van der Waals surface area contributed by atoms with Gasteiger partial charge < -0.3 is 4.74 Å². The van der Waals surface area contributed by atoms with E-state index in [1.165, 1.54) is 17.4 Å². The van der Waals surface area contributed by atoms with Crippen LogP contribution in [0.1, 0.15) is 24.6 Å². The smallest absolute Gasteiger partial charge is 0.278 e. The molecule has 1 amide bonds. The van der Waals surface area contributed by atoms with Gasteiger partial charge >= 0.3 is 0 Å². The minimum atomic E-state index is -0.428. The summed E-state index contributed by atoms with van der Waals surface area (Å²) >= 11 is 1.39. The van der Waals surface area contributed by atoms with Gasteiger partial charge in [0, 0.05) is 17.6 Å². The number of nitrogens with zero attached hydrogens (tertiary/aromatic N) is 2. The van der Waals surface area contributed by atoms with Crippen LogP contribution in [0.15, 0.2) is 41.5 Å². The predicted molar refractivity (Wildman–Crippen MR) is 95.7 cm³/mol. The molecule has 2 heterocycles. The minimum Gasteiger partial charge on any atom is -0.368 e. The number of hydrazone groups is 1. The number of nitrogens with one attached hydrogen (secondary N) is 1. The van der Waals surface area contributed by atoms with Crippen LogP contribution in [0.4, 0.5) is 5.69 Å². The number of nitro benzene ring substituents is 1. The number of thiophene rings is 1. The van der Waals surface area contributed by atoms with Crippen LogP contribution in [0.3, 0.4) is 0 Å². The van der Waals surface area contributed by atoms with Gasteiger partial charge in [-0.25, -0.2) is 5.43 Å². The molecule has 130 valence electrons. The number of carbonyl (C=O) groups is 1. The Kier molecular flexibility index (Phi) is 5.20. The number of ether oxygens (including phenoxy) is 1. The zero-order valence-electron chi connectivity index (χ0n) is 13.6. The van der Waals surface area contributed by atoms with Crippen LogP contribution in [0.5, 0.6) is 0 Å². The summed E-state index contributed by atoms with van der Waals surface area (Å²) in [5.74, 6) is -0.243. The molecule has 25 heavy (non-hydrogen) atoms. The van der Waals surface area contributed by atoms with Crippen molar-refractivity contribution in [1.82, 2.24) is 5.43 Å². The second kappa shape index (κ2) is 7.54. The topological polar surface area (TPSA) is 93.8 Å². The van der Waals surface area contributed by atoms with Gasteiger partial charge in [0.1, 0.15) is 6.10 Å². The molecule has 0 saturated carbocycles. The van der Waals surface area contributed by atoms with Gasteiger partial charge in [-0.15, -0.1) is 11.3 Å². The first-order valence-corrected chi connectivity index (χ1v) is 8.67. The summed E-state index contributed by atoms with van der Waals surface area (Å²) in [6.45, 7) is 2.38. The molecule has 7 nitrogen and oxygen atoms in total. The highest BCUT2D eigenvalue weighted by Gasteiger charge is 2.23. The first-order chi connectivity index (χ1) is 12.1. The maximum atomic E-state index is 11.9. The molecule has 1 aromatic carbocycles. The van der Waals surface area contributed by atoms with E-state index < -0.39 is 11.0 Å². The number of para-hydroxylation sites is 1. The molecule has 0 bridgehead atoms. The average molecular weight is 359 g/mol. The Hall–Kier alpha value is -2.58. The third kappa shape index (κ3) is 3.92. The van der Waals surface area contributed by atoms with Gasteiger partial charge in [-0.2, -0.15) is 5.10 Å². The first kappa shape index (κ1) is 17.2. The summed E-state index contributed by atoms with van der Waals surface area (Å²) in [5, 5.41) is 15.3. The lowest BCUT2D eigenvalue weighted by atomic mass is 10.1. The number of hydrogen-bond donors (Lipinski definition) is 1. The van der Waals surface area contributed by atoms with Crippen molar-refractivity contribution in [1.29, 1.82) is 0 Å². The summed E-state index contributed by atoms with van der Waals surface area (Å²) in [6.07, 6.45) is 1.16. The van der Waals surface area contributed by atoms with Gasteiger partial charge in [-0.05, 0) is 38.0 Å². The van der Waals surface area contributed by atoms with E-state index in [0.717, 1.165) is 16.2 Å². The first-order valence-electron chi connectivity index (χ1n) is 7.86. The number of carbonyl (C=O) groups excluding carboxylic acids is 1. The van der Waals surface area contributed by atoms with E-state index in [9.17, 15) is 14.9 Å². The van der Waals surface area contributed by atoms with Crippen molar-refractivity contribution in [2.24, 2.45) is 5.10 Å². The van der Waals surface area contributed by atoms with Crippen LogP contribution in [0, 0.1) is 10.1 Å². The van der Waals surface area contributed by atoms with Gasteiger partial charge in [0.05, 0.1) is 21.1 Å². The Morgan fingerprint density at radius 3 is 2.88 bits per heavy atom. The van der Waals surface area contributed by atoms with Crippen molar-refractivity contribution in [2.45, 2.75) is 25.9 Å². The molecule has 2 aromatic rings. The van der Waals surface area contributed by atoms with Gasteiger partial charge in [0.2, 0.25) is 0 Å². The molecule has 3 rings (SSSR count). The number of hydrogen-bond acceptors (Lipinski definition) is 6. The fraction of sp³-hybridized carbons (Fsp3) is 0.294. The van der Waals surface area contributed by atoms with E-state index >= 15 is 0 Å². The van der Waals surface area contributed by atoms with Crippen LogP contribution >= 0.6 is 11.3 Å². The molecule has 1 fully saturated rings. The highest BCUT2D eigenvalue weighted by Crippen LogP contribution is 2.34. The standard InChI is InChI=1S/C17H17N3O4S/c1-11(18-19-17(21)14-7-4-10-24-14)15-8-9-16(25-15)12-5-2-3-6-13(12)20(22)23/h2-3,5-6,8-9,14H,4,7,10H2,1H3,(H,19,21)/t14-/m1/s1. The van der Waals surface area contributed by atoms with Crippen molar-refractivity contribution in [3.05, 3.63) is 51.4 Å². The lowest BCUT2D eigenvalue weighted by molar-refractivity contribution is -0.384. The molecule has 1 N–H and O–H groups in total. The number of amides is 1. The molecular formula is C17H17N3O4S. The zero-order valence-corrected chi connectivity index (χ0v) is 14.4. The van der Waals surface area contributed by atoms with E-state index in [0.29, 0.717) is 24.3 Å². The molecule has 1 aliphatic heterocycles. The molecule has 0 spiro atoms. The summed E-state index contributed by atoms with van der Waals surface area (Å²) in [5.41, 5.74) is 3.80. The van der Waals surface area contributed by atoms with Crippen LogP contribution in [0.2, 0.25) is 0 Å². The van der Waals surface area contributed by atoms with E-state index in [1.807, 2.05) is 12.1 Å². The average Bonchev–Trinajstić information content (AvgIpc) is 3.30. The van der Waals surface area contributed by atoms with Gasteiger partial charge in [0.15, 0.2) is 0 Å². The van der Waals surface area contributed by atoms with Crippen LogP contribution in [0.25, 0.3) is 10.4 Å². The highest BCUT2D eigenvalue weighted by atomic mass is 32.1. The summed E-state index contributed by atoms with van der Waals surface area (Å²) in [4.78, 5) is 24.3. The Morgan fingerprint density at radius 2 is 2.16 bits per heavy atom. The number of nitro groups is 1. The third-order valence-electron chi connectivity index (χ3n) is 3.88.